The van der Waals surface area contributed by atoms with Gasteiger partial charge in [-0.3, -0.25) is 4.79 Å². The molecule has 0 fully saturated rings. The number of aliphatic hydroxyl groups is 1. The maximum Gasteiger partial charge on any atom is 0.155 e. The molecule has 0 aliphatic heterocycles. The van der Waals surface area contributed by atoms with Crippen molar-refractivity contribution in [1.82, 2.24) is 9.38 Å². The summed E-state index contributed by atoms with van der Waals surface area (Å²) in [6.45, 7) is 2.85. The summed E-state index contributed by atoms with van der Waals surface area (Å²) in [7, 11) is 0. The van der Waals surface area contributed by atoms with Gasteiger partial charge in [-0.05, 0) is 54.7 Å². The van der Waals surface area contributed by atoms with Crippen LogP contribution < -0.4 is 0 Å². The Hall–Kier alpha value is -4.09. The number of thiophene rings is 1. The summed E-state index contributed by atoms with van der Waals surface area (Å²) < 4.78 is 5.12. The molecule has 0 atom stereocenters. The van der Waals surface area contributed by atoms with Crippen molar-refractivity contribution in [3.05, 3.63) is 109 Å². The second-order valence-corrected chi connectivity index (χ2v) is 10.8. The van der Waals surface area contributed by atoms with Gasteiger partial charge in [0.2, 0.25) is 0 Å². The molecule has 197 valence electrons. The Morgan fingerprint density at radius 3 is 2.38 bits per heavy atom. The van der Waals surface area contributed by atoms with E-state index in [4.69, 9.17) is 5.11 Å². The second-order valence-electron chi connectivity index (χ2n) is 9.73. The zero-order valence-corrected chi connectivity index (χ0v) is 24.9. The molecule has 4 heterocycles. The van der Waals surface area contributed by atoms with E-state index in [1.165, 1.54) is 78.2 Å². The summed E-state index contributed by atoms with van der Waals surface area (Å²) in [5, 5.41) is 16.3. The number of ketones is 1. The Morgan fingerprint density at radius 2 is 1.62 bits per heavy atom. The molecule has 0 unspecified atom stereocenters. The van der Waals surface area contributed by atoms with Crippen molar-refractivity contribution in [2.45, 2.75) is 13.8 Å². The molecule has 1 N–H and O–H groups in total. The van der Waals surface area contributed by atoms with Gasteiger partial charge in [0.15, 0.2) is 5.78 Å². The van der Waals surface area contributed by atoms with Crippen molar-refractivity contribution in [2.24, 2.45) is 0 Å². The molecule has 0 aliphatic carbocycles. The van der Waals surface area contributed by atoms with Crippen LogP contribution in [0.2, 0.25) is 0 Å². The van der Waals surface area contributed by atoms with E-state index in [1.807, 2.05) is 35.7 Å². The van der Waals surface area contributed by atoms with E-state index in [1.54, 1.807) is 0 Å². The molecule has 8 aromatic rings. The number of carbonyl (C=O) groups is 1. The van der Waals surface area contributed by atoms with Crippen LogP contribution in [0.25, 0.3) is 69.5 Å². The van der Waals surface area contributed by atoms with Crippen LogP contribution in [-0.4, -0.2) is 20.3 Å². The van der Waals surface area contributed by atoms with Crippen LogP contribution in [0.15, 0.2) is 103 Å². The first kappa shape index (κ1) is 26.1. The van der Waals surface area contributed by atoms with E-state index >= 15 is 0 Å². The maximum absolute atomic E-state index is 10.0. The minimum Gasteiger partial charge on any atom is -0.512 e. The zero-order valence-electron chi connectivity index (χ0n) is 21.7. The summed E-state index contributed by atoms with van der Waals surface area (Å²) in [6.07, 6.45) is 3.00. The average Bonchev–Trinajstić information content (AvgIpc) is 3.59. The van der Waals surface area contributed by atoms with Gasteiger partial charge in [0.1, 0.15) is 0 Å². The first-order valence-corrected chi connectivity index (χ1v) is 13.6. The van der Waals surface area contributed by atoms with Gasteiger partial charge < -0.3 is 14.5 Å². The molecular weight excluding hydrogens is 693 g/mol. The maximum atomic E-state index is 10.0. The molecule has 4 aromatic carbocycles. The SMILES string of the molecule is CC(=O)/C=C(/C)O.[Ir].[c-]1cc2c(cc1-c1ccccn1)c1cccc3c4c5c(ccc4n2c13)sc1ccccc15. The van der Waals surface area contributed by atoms with E-state index in [2.05, 4.69) is 82.2 Å². The number of benzene rings is 4. The monoisotopic (exact) mass is 716 g/mol. The Bertz CT molecular complexity index is 2220. The number of aromatic nitrogens is 2. The third kappa shape index (κ3) is 4.08. The minimum absolute atomic E-state index is 0. The molecule has 0 amide bonds. The Balaban J connectivity index is 0.000000325. The molecule has 0 saturated heterocycles. The number of hydrogen-bond donors (Lipinski definition) is 1. The summed E-state index contributed by atoms with van der Waals surface area (Å²) in [4.78, 5) is 14.5. The van der Waals surface area contributed by atoms with Crippen molar-refractivity contribution in [1.29, 1.82) is 0 Å². The quantitative estimate of drug-likeness (QED) is 0.110. The second kappa shape index (κ2) is 10.1. The van der Waals surface area contributed by atoms with Crippen molar-refractivity contribution in [2.75, 3.05) is 0 Å². The van der Waals surface area contributed by atoms with Gasteiger partial charge in [-0.25, -0.2) is 0 Å². The number of nitrogens with zero attached hydrogens (tertiary/aromatic N) is 2. The third-order valence-electron chi connectivity index (χ3n) is 7.10. The fraction of sp³-hybridized carbons (Fsp3) is 0.0588. The Morgan fingerprint density at radius 1 is 0.850 bits per heavy atom. The van der Waals surface area contributed by atoms with Gasteiger partial charge in [0.05, 0.1) is 11.3 Å². The van der Waals surface area contributed by atoms with Crippen LogP contribution in [0.4, 0.5) is 0 Å². The van der Waals surface area contributed by atoms with Crippen LogP contribution >= 0.6 is 11.3 Å². The van der Waals surface area contributed by atoms with Crippen molar-refractivity contribution in [3.63, 3.8) is 0 Å². The first-order chi connectivity index (χ1) is 19.0. The summed E-state index contributed by atoms with van der Waals surface area (Å²) in [5.41, 5.74) is 5.75. The smallest absolute Gasteiger partial charge is 0.155 e. The van der Waals surface area contributed by atoms with Crippen molar-refractivity contribution >= 4 is 75.4 Å². The molecule has 6 heteroatoms. The number of hydrogen-bond acceptors (Lipinski definition) is 4. The molecular formula is C34H23IrN2O2S-. The molecule has 0 aliphatic rings. The van der Waals surface area contributed by atoms with Gasteiger partial charge in [0.25, 0.3) is 0 Å². The van der Waals surface area contributed by atoms with Gasteiger partial charge >= 0.3 is 0 Å². The number of rotatable bonds is 2. The fourth-order valence-electron chi connectivity index (χ4n) is 5.69. The molecule has 1 radical (unpaired) electrons. The molecule has 4 aromatic heterocycles. The summed E-state index contributed by atoms with van der Waals surface area (Å²) in [6, 6.07) is 33.9. The summed E-state index contributed by atoms with van der Waals surface area (Å²) in [5.74, 6) is -0.0625. The average molecular weight is 716 g/mol. The molecule has 40 heavy (non-hydrogen) atoms. The molecule has 4 nitrogen and oxygen atoms in total. The van der Waals surface area contributed by atoms with E-state index in [0.29, 0.717) is 0 Å². The van der Waals surface area contributed by atoms with Crippen LogP contribution in [0.5, 0.6) is 0 Å². The predicted octanol–water partition coefficient (Wildman–Crippen LogP) is 9.10. The predicted molar refractivity (Wildman–Crippen MR) is 163 cm³/mol. The largest absolute Gasteiger partial charge is 0.512 e. The Labute approximate surface area is 247 Å². The van der Waals surface area contributed by atoms with E-state index in [-0.39, 0.29) is 31.6 Å². The van der Waals surface area contributed by atoms with Crippen LogP contribution in [0, 0.1) is 6.07 Å². The zero-order chi connectivity index (χ0) is 26.7. The van der Waals surface area contributed by atoms with Crippen LogP contribution in [0.3, 0.4) is 0 Å². The Kier molecular flexibility index (Phi) is 6.63. The molecule has 0 saturated carbocycles. The fourth-order valence-corrected chi connectivity index (χ4v) is 6.80. The minimum atomic E-state index is -0.125. The number of para-hydroxylation sites is 1. The normalized spacial score (nSPS) is 11.9. The first-order valence-electron chi connectivity index (χ1n) is 12.7. The number of aliphatic hydroxyl groups excluding tert-OH is 1. The standard InChI is InChI=1S/C29H15N2S.C5H8O2.Ir/c1-2-10-25-19(6-1)28-26(32-25)14-13-24-27(28)20-8-5-7-18-21-16-17(22-9-3-4-15-30-22)11-12-23(21)31(24)29(18)20;1-4(6)3-5(2)7;/h1-10,12-16H;3,6H,1-2H3;/q-1;;/b;4-3-;. The molecule has 8 rings (SSSR count). The van der Waals surface area contributed by atoms with E-state index in [9.17, 15) is 4.79 Å². The van der Waals surface area contributed by atoms with Gasteiger partial charge in [-0.2, -0.15) is 0 Å². The van der Waals surface area contributed by atoms with Crippen LogP contribution in [-0.2, 0) is 24.9 Å². The number of pyridine rings is 1. The van der Waals surface area contributed by atoms with Crippen LogP contribution in [0.1, 0.15) is 13.8 Å². The topological polar surface area (TPSA) is 54.6 Å². The molecule has 0 bridgehead atoms. The van der Waals surface area contributed by atoms with Gasteiger partial charge in [0, 0.05) is 68.8 Å². The third-order valence-corrected chi connectivity index (χ3v) is 8.24. The summed E-state index contributed by atoms with van der Waals surface area (Å²) >= 11 is 1.88. The number of carbonyl (C=O) groups excluding carboxylic acids is 1. The molecule has 0 spiro atoms. The van der Waals surface area contributed by atoms with Crippen molar-refractivity contribution < 1.29 is 30.0 Å². The van der Waals surface area contributed by atoms with Gasteiger partial charge in [-0.15, -0.1) is 35.1 Å². The van der Waals surface area contributed by atoms with E-state index < -0.39 is 0 Å². The number of fused-ring (bicyclic) bond motifs is 10. The number of allylic oxidation sites excluding steroid dienone is 2. The van der Waals surface area contributed by atoms with E-state index in [0.717, 1.165) is 11.3 Å². The van der Waals surface area contributed by atoms with Gasteiger partial charge in [-0.1, -0.05) is 53.9 Å². The van der Waals surface area contributed by atoms with Crippen molar-refractivity contribution in [3.8, 4) is 11.3 Å².